The van der Waals surface area contributed by atoms with E-state index in [1.54, 1.807) is 0 Å². The second kappa shape index (κ2) is 13.4. The molecule has 0 radical (unpaired) electrons. The summed E-state index contributed by atoms with van der Waals surface area (Å²) in [6, 6.07) is 1.36. The Morgan fingerprint density at radius 1 is 0.824 bits per heavy atom. The molecule has 0 heterocycles. The van der Waals surface area contributed by atoms with Gasteiger partial charge in [0.1, 0.15) is 23.9 Å². The van der Waals surface area contributed by atoms with Gasteiger partial charge in [0.25, 0.3) is 0 Å². The molecule has 0 aliphatic heterocycles. The molecule has 0 aliphatic rings. The molecule has 0 saturated carbocycles. The highest BCUT2D eigenvalue weighted by Gasteiger charge is 2.30. The van der Waals surface area contributed by atoms with E-state index < -0.39 is 66.6 Å². The van der Waals surface area contributed by atoms with Gasteiger partial charge in [-0.1, -0.05) is 12.1 Å². The third kappa shape index (κ3) is 9.95. The summed E-state index contributed by atoms with van der Waals surface area (Å²) < 4.78 is 0. The lowest BCUT2D eigenvalue weighted by Gasteiger charge is -2.24. The van der Waals surface area contributed by atoms with Crippen molar-refractivity contribution < 1.29 is 39.0 Å². The molecule has 186 valence electrons. The van der Waals surface area contributed by atoms with Crippen LogP contribution in [0.2, 0.25) is 0 Å². The van der Waals surface area contributed by atoms with E-state index in [0.717, 1.165) is 0 Å². The maximum atomic E-state index is 12.8. The molecule has 14 nitrogen and oxygen atoms in total. The minimum absolute atomic E-state index is 0.0443. The number of hydrogen-bond acceptors (Lipinski definition) is 8. The van der Waals surface area contributed by atoms with E-state index in [4.69, 9.17) is 17.2 Å². The molecular formula is C20H28N6O8. The zero-order valence-corrected chi connectivity index (χ0v) is 18.2. The van der Waals surface area contributed by atoms with Crippen molar-refractivity contribution in [3.63, 3.8) is 0 Å². The van der Waals surface area contributed by atoms with Crippen LogP contribution in [-0.2, 0) is 35.2 Å². The predicted molar refractivity (Wildman–Crippen MR) is 117 cm³/mol. The SMILES string of the molecule is NCC(=O)NC(CCC(N)=O)C(=O)NC(Cc1ccc(O)cc1)C(=O)NC(CC(N)=O)C(=O)O. The Kier molecular flexibility index (Phi) is 10.9. The number of phenols is 1. The zero-order valence-electron chi connectivity index (χ0n) is 18.2. The molecule has 0 bridgehead atoms. The Balaban J connectivity index is 3.14. The maximum absolute atomic E-state index is 12.8. The van der Waals surface area contributed by atoms with Gasteiger partial charge in [-0.3, -0.25) is 24.0 Å². The fraction of sp³-hybridized carbons (Fsp3) is 0.400. The highest BCUT2D eigenvalue weighted by atomic mass is 16.4. The summed E-state index contributed by atoms with van der Waals surface area (Å²) in [6.45, 7) is -0.439. The molecule has 0 fully saturated rings. The van der Waals surface area contributed by atoms with Crippen molar-refractivity contribution in [2.75, 3.05) is 6.54 Å². The number of nitrogens with two attached hydrogens (primary N) is 3. The maximum Gasteiger partial charge on any atom is 0.326 e. The standard InChI is InChI=1S/C20H28N6O8/c21-9-17(30)24-12(5-6-15(22)28)18(31)25-13(7-10-1-3-11(27)4-2-10)19(32)26-14(20(33)34)8-16(23)29/h1-4,12-14,27H,5-9,21H2,(H2,22,28)(H2,23,29)(H,24,30)(H,25,31)(H,26,32)(H,33,34). The largest absolute Gasteiger partial charge is 0.508 e. The Bertz CT molecular complexity index is 920. The van der Waals surface area contributed by atoms with Crippen LogP contribution in [0.15, 0.2) is 24.3 Å². The molecule has 5 amide bonds. The van der Waals surface area contributed by atoms with E-state index in [1.807, 2.05) is 0 Å². The molecular weight excluding hydrogens is 452 g/mol. The van der Waals surface area contributed by atoms with Gasteiger partial charge in [0.2, 0.25) is 29.5 Å². The van der Waals surface area contributed by atoms with Crippen molar-refractivity contribution in [1.29, 1.82) is 0 Å². The molecule has 3 atom stereocenters. The summed E-state index contributed by atoms with van der Waals surface area (Å²) in [5.41, 5.74) is 15.9. The second-order valence-corrected chi connectivity index (χ2v) is 7.33. The number of nitrogens with one attached hydrogen (secondary N) is 3. The lowest BCUT2D eigenvalue weighted by molar-refractivity contribution is -0.143. The van der Waals surface area contributed by atoms with Gasteiger partial charge in [-0.15, -0.1) is 0 Å². The Morgan fingerprint density at radius 3 is 1.88 bits per heavy atom. The van der Waals surface area contributed by atoms with Crippen LogP contribution < -0.4 is 33.2 Å². The first-order valence-corrected chi connectivity index (χ1v) is 10.1. The number of hydrogen-bond donors (Lipinski definition) is 8. The average molecular weight is 480 g/mol. The van der Waals surface area contributed by atoms with Crippen LogP contribution in [0.4, 0.5) is 0 Å². The number of carboxylic acid groups (broad SMARTS) is 1. The summed E-state index contributed by atoms with van der Waals surface area (Å²) in [4.78, 5) is 71.0. The van der Waals surface area contributed by atoms with Gasteiger partial charge in [-0.05, 0) is 24.1 Å². The number of amides is 5. The summed E-state index contributed by atoms with van der Waals surface area (Å²) in [7, 11) is 0. The van der Waals surface area contributed by atoms with Crippen molar-refractivity contribution in [3.8, 4) is 5.75 Å². The van der Waals surface area contributed by atoms with E-state index in [2.05, 4.69) is 16.0 Å². The van der Waals surface area contributed by atoms with Crippen molar-refractivity contribution in [2.24, 2.45) is 17.2 Å². The lowest BCUT2D eigenvalue weighted by Crippen LogP contribution is -2.57. The fourth-order valence-corrected chi connectivity index (χ4v) is 2.83. The van der Waals surface area contributed by atoms with E-state index >= 15 is 0 Å². The van der Waals surface area contributed by atoms with Crippen molar-refractivity contribution in [3.05, 3.63) is 29.8 Å². The molecule has 0 saturated heterocycles. The number of rotatable bonds is 14. The van der Waals surface area contributed by atoms with Crippen LogP contribution in [-0.4, -0.2) is 70.4 Å². The van der Waals surface area contributed by atoms with Gasteiger partial charge in [0.05, 0.1) is 13.0 Å². The number of primary amides is 2. The van der Waals surface area contributed by atoms with Crippen molar-refractivity contribution in [1.82, 2.24) is 16.0 Å². The third-order valence-corrected chi connectivity index (χ3v) is 4.55. The van der Waals surface area contributed by atoms with E-state index in [0.29, 0.717) is 5.56 Å². The van der Waals surface area contributed by atoms with Crippen LogP contribution in [0.3, 0.4) is 0 Å². The van der Waals surface area contributed by atoms with Crippen LogP contribution in [0, 0.1) is 0 Å². The number of aromatic hydroxyl groups is 1. The van der Waals surface area contributed by atoms with E-state index in [9.17, 15) is 39.0 Å². The van der Waals surface area contributed by atoms with Crippen molar-refractivity contribution >= 4 is 35.5 Å². The van der Waals surface area contributed by atoms with Gasteiger partial charge in [-0.25, -0.2) is 4.79 Å². The monoisotopic (exact) mass is 480 g/mol. The topological polar surface area (TPSA) is 257 Å². The average Bonchev–Trinajstić information content (AvgIpc) is 2.76. The van der Waals surface area contributed by atoms with Crippen molar-refractivity contribution in [2.45, 2.75) is 43.8 Å². The first-order valence-electron chi connectivity index (χ1n) is 10.1. The highest BCUT2D eigenvalue weighted by molar-refractivity contribution is 5.94. The minimum atomic E-state index is -1.65. The molecule has 0 spiro atoms. The molecule has 1 aromatic carbocycles. The number of carbonyl (C=O) groups is 6. The van der Waals surface area contributed by atoms with Gasteiger partial charge in [0.15, 0.2) is 0 Å². The van der Waals surface area contributed by atoms with Crippen LogP contribution in [0.25, 0.3) is 0 Å². The fourth-order valence-electron chi connectivity index (χ4n) is 2.83. The summed E-state index contributed by atoms with van der Waals surface area (Å²) in [5.74, 6) is -5.76. The number of aliphatic carboxylic acids is 1. The Labute approximate surface area is 194 Å². The molecule has 1 rings (SSSR count). The molecule has 1 aromatic rings. The first kappa shape index (κ1) is 27.8. The van der Waals surface area contributed by atoms with Gasteiger partial charge >= 0.3 is 5.97 Å². The number of carbonyl (C=O) groups excluding carboxylic acids is 5. The van der Waals surface area contributed by atoms with Gasteiger partial charge in [-0.2, -0.15) is 0 Å². The summed E-state index contributed by atoms with van der Waals surface area (Å²) in [5, 5.41) is 25.6. The second-order valence-electron chi connectivity index (χ2n) is 7.33. The predicted octanol–water partition coefficient (Wildman–Crippen LogP) is -3.43. The minimum Gasteiger partial charge on any atom is -0.508 e. The molecule has 3 unspecified atom stereocenters. The Morgan fingerprint density at radius 2 is 1.38 bits per heavy atom. The van der Waals surface area contributed by atoms with E-state index in [1.165, 1.54) is 24.3 Å². The first-order chi connectivity index (χ1) is 15.9. The Hall–Kier alpha value is -4.20. The summed E-state index contributed by atoms with van der Waals surface area (Å²) in [6.07, 6.45) is -1.26. The quantitative estimate of drug-likeness (QED) is 0.132. The number of phenolic OH excluding ortho intramolecular Hbond substituents is 1. The molecule has 14 heteroatoms. The summed E-state index contributed by atoms with van der Waals surface area (Å²) >= 11 is 0. The van der Waals surface area contributed by atoms with Crippen LogP contribution >= 0.6 is 0 Å². The molecule has 0 aliphatic carbocycles. The van der Waals surface area contributed by atoms with Crippen LogP contribution in [0.1, 0.15) is 24.8 Å². The molecule has 11 N–H and O–H groups in total. The van der Waals surface area contributed by atoms with Gasteiger partial charge in [0, 0.05) is 12.8 Å². The lowest BCUT2D eigenvalue weighted by atomic mass is 10.0. The number of benzene rings is 1. The van der Waals surface area contributed by atoms with Crippen LogP contribution in [0.5, 0.6) is 5.75 Å². The third-order valence-electron chi connectivity index (χ3n) is 4.55. The molecule has 34 heavy (non-hydrogen) atoms. The smallest absolute Gasteiger partial charge is 0.326 e. The zero-order chi connectivity index (χ0) is 25.8. The van der Waals surface area contributed by atoms with Gasteiger partial charge < -0.3 is 43.4 Å². The number of carboxylic acids is 1. The molecule has 0 aromatic heterocycles. The van der Waals surface area contributed by atoms with E-state index in [-0.39, 0.29) is 25.0 Å². The normalized spacial score (nSPS) is 13.1. The highest BCUT2D eigenvalue weighted by Crippen LogP contribution is 2.12.